The number of thiophene rings is 2. The van der Waals surface area contributed by atoms with Gasteiger partial charge in [0, 0.05) is 62.8 Å². The van der Waals surface area contributed by atoms with Crippen molar-refractivity contribution in [2.45, 2.75) is 19.3 Å². The van der Waals surface area contributed by atoms with Crippen molar-refractivity contribution in [2.75, 3.05) is 4.90 Å². The van der Waals surface area contributed by atoms with Crippen LogP contribution in [0.5, 0.6) is 0 Å². The minimum atomic E-state index is -0.125. The molecule has 2 aromatic heterocycles. The highest BCUT2D eigenvalue weighted by Crippen LogP contribution is 2.45. The molecule has 0 fully saturated rings. The van der Waals surface area contributed by atoms with E-state index in [1.54, 1.807) is 0 Å². The summed E-state index contributed by atoms with van der Waals surface area (Å²) in [5, 5.41) is 7.66. The van der Waals surface area contributed by atoms with E-state index in [-0.39, 0.29) is 5.41 Å². The molecule has 3 heterocycles. The summed E-state index contributed by atoms with van der Waals surface area (Å²) in [6.45, 7) is 4.55. The molecule has 0 unspecified atom stereocenters. The van der Waals surface area contributed by atoms with Gasteiger partial charge in [0.1, 0.15) is 0 Å². The number of aliphatic imine (C=N–C) groups is 1. The molecular weight excluding hydrogens is 693 g/mol. The van der Waals surface area contributed by atoms with Gasteiger partial charge in [-0.05, 0) is 99.8 Å². The molecule has 0 N–H and O–H groups in total. The second-order valence-corrected chi connectivity index (χ2v) is 17.0. The van der Waals surface area contributed by atoms with Gasteiger partial charge >= 0.3 is 0 Å². The summed E-state index contributed by atoms with van der Waals surface area (Å²) in [6.07, 6.45) is 0. The highest BCUT2D eigenvalue weighted by atomic mass is 32.1. The van der Waals surface area contributed by atoms with Crippen LogP contribution in [0.25, 0.3) is 62.2 Å². The third-order valence-electron chi connectivity index (χ3n) is 11.2. The molecule has 0 spiro atoms. The molecule has 10 aromatic rings. The fourth-order valence-corrected chi connectivity index (χ4v) is 10.7. The molecule has 11 rings (SSSR count). The molecule has 256 valence electrons. The van der Waals surface area contributed by atoms with Crippen molar-refractivity contribution in [1.29, 1.82) is 0 Å². The van der Waals surface area contributed by atoms with Crippen LogP contribution in [-0.4, -0.2) is 5.71 Å². The van der Waals surface area contributed by atoms with E-state index in [0.29, 0.717) is 0 Å². The fraction of sp³-hybridized carbons (Fsp3) is 0.0600. The maximum Gasteiger partial charge on any atom is 0.0675 e. The number of fused-ring (bicyclic) bond motifs is 8. The molecule has 54 heavy (non-hydrogen) atoms. The Hall–Kier alpha value is -6.07. The van der Waals surface area contributed by atoms with E-state index in [2.05, 4.69) is 189 Å². The number of anilines is 3. The Labute approximate surface area is 321 Å². The monoisotopic (exact) mass is 726 g/mol. The maximum atomic E-state index is 5.05. The number of hydrogen-bond donors (Lipinski definition) is 0. The van der Waals surface area contributed by atoms with Crippen molar-refractivity contribution in [3.63, 3.8) is 0 Å². The standard InChI is InChI=1S/C50H34N2S2/c1-50(2)43-11-5-6-12-44(43)51-49(50)32-17-15-31(16-18-32)33-19-20-35-28-36(22-21-34(35)27-33)52(37-24-26-47-42(29-37)40-10-4-8-14-46(40)53-47)38-23-25-41-39-9-3-7-13-45(39)54-48(41)30-38/h3-30H,1-2H3. The number of benzene rings is 8. The van der Waals surface area contributed by atoms with Crippen molar-refractivity contribution in [1.82, 2.24) is 0 Å². The van der Waals surface area contributed by atoms with E-state index < -0.39 is 0 Å². The summed E-state index contributed by atoms with van der Waals surface area (Å²) < 4.78 is 5.25. The Kier molecular flexibility index (Phi) is 6.97. The molecule has 1 aliphatic heterocycles. The van der Waals surface area contributed by atoms with Gasteiger partial charge in [-0.15, -0.1) is 22.7 Å². The lowest BCUT2D eigenvalue weighted by Gasteiger charge is -2.26. The first-order valence-corrected chi connectivity index (χ1v) is 20.1. The molecule has 4 heteroatoms. The van der Waals surface area contributed by atoms with Crippen LogP contribution in [0.4, 0.5) is 22.7 Å². The largest absolute Gasteiger partial charge is 0.310 e. The Balaban J connectivity index is 0.987. The summed E-state index contributed by atoms with van der Waals surface area (Å²) in [4.78, 5) is 7.47. The van der Waals surface area contributed by atoms with E-state index in [4.69, 9.17) is 4.99 Å². The molecule has 0 atom stereocenters. The van der Waals surface area contributed by atoms with Gasteiger partial charge in [0.15, 0.2) is 0 Å². The molecule has 2 nitrogen and oxygen atoms in total. The smallest absolute Gasteiger partial charge is 0.0675 e. The fourth-order valence-electron chi connectivity index (χ4n) is 8.44. The molecule has 0 radical (unpaired) electrons. The summed E-state index contributed by atoms with van der Waals surface area (Å²) in [6, 6.07) is 62.5. The van der Waals surface area contributed by atoms with Gasteiger partial charge in [-0.2, -0.15) is 0 Å². The van der Waals surface area contributed by atoms with Crippen LogP contribution >= 0.6 is 22.7 Å². The summed E-state index contributed by atoms with van der Waals surface area (Å²) in [7, 11) is 0. The quantitative estimate of drug-likeness (QED) is 0.172. The number of hydrogen-bond acceptors (Lipinski definition) is 4. The van der Waals surface area contributed by atoms with Gasteiger partial charge in [-0.25, -0.2) is 0 Å². The van der Waals surface area contributed by atoms with Crippen molar-refractivity contribution < 1.29 is 0 Å². The molecule has 0 amide bonds. The first-order valence-electron chi connectivity index (χ1n) is 18.4. The zero-order chi connectivity index (χ0) is 36.0. The van der Waals surface area contributed by atoms with Gasteiger partial charge < -0.3 is 4.90 Å². The molecule has 0 aliphatic carbocycles. The Bertz CT molecular complexity index is 3140. The molecular formula is C50H34N2S2. The Morgan fingerprint density at radius 3 is 1.80 bits per heavy atom. The third kappa shape index (κ3) is 4.95. The number of rotatable bonds is 5. The van der Waals surface area contributed by atoms with Crippen LogP contribution in [-0.2, 0) is 5.41 Å². The lowest BCUT2D eigenvalue weighted by atomic mass is 9.79. The lowest BCUT2D eigenvalue weighted by Crippen LogP contribution is -2.26. The average Bonchev–Trinajstić information content (AvgIpc) is 3.86. The highest BCUT2D eigenvalue weighted by Gasteiger charge is 2.35. The molecule has 0 saturated heterocycles. The molecule has 0 saturated carbocycles. The van der Waals surface area contributed by atoms with Crippen LogP contribution in [0.3, 0.4) is 0 Å². The van der Waals surface area contributed by atoms with E-state index >= 15 is 0 Å². The van der Waals surface area contributed by atoms with Crippen LogP contribution in [0.2, 0.25) is 0 Å². The summed E-state index contributed by atoms with van der Waals surface area (Å²) in [5.41, 5.74) is 10.4. The van der Waals surface area contributed by atoms with Crippen molar-refractivity contribution in [3.05, 3.63) is 181 Å². The van der Waals surface area contributed by atoms with Crippen LogP contribution in [0, 0.1) is 0 Å². The predicted octanol–water partition coefficient (Wildman–Crippen LogP) is 15.1. The predicted molar refractivity (Wildman–Crippen MR) is 236 cm³/mol. The van der Waals surface area contributed by atoms with Crippen molar-refractivity contribution >= 4 is 102 Å². The van der Waals surface area contributed by atoms with Gasteiger partial charge in [0.25, 0.3) is 0 Å². The second kappa shape index (κ2) is 12.0. The molecule has 0 bridgehead atoms. The first-order chi connectivity index (χ1) is 26.5. The normalized spacial score (nSPS) is 13.6. The SMILES string of the molecule is CC1(C)C(c2ccc(-c3ccc4cc(N(c5ccc6c(c5)sc5ccccc56)c5ccc6sc7ccccc7c6c5)ccc4c3)cc2)=Nc2ccccc21. The van der Waals surface area contributed by atoms with Crippen molar-refractivity contribution in [2.24, 2.45) is 4.99 Å². The minimum Gasteiger partial charge on any atom is -0.310 e. The lowest BCUT2D eigenvalue weighted by molar-refractivity contribution is 0.737. The average molecular weight is 727 g/mol. The van der Waals surface area contributed by atoms with Crippen LogP contribution in [0.15, 0.2) is 175 Å². The topological polar surface area (TPSA) is 15.6 Å². The third-order valence-corrected chi connectivity index (χ3v) is 13.5. The highest BCUT2D eigenvalue weighted by molar-refractivity contribution is 7.26. The minimum absolute atomic E-state index is 0.125. The van der Waals surface area contributed by atoms with Gasteiger partial charge in [0.05, 0.1) is 11.4 Å². The van der Waals surface area contributed by atoms with E-state index in [1.807, 2.05) is 22.7 Å². The second-order valence-electron chi connectivity index (χ2n) is 14.8. The van der Waals surface area contributed by atoms with E-state index in [1.165, 1.54) is 73.4 Å². The van der Waals surface area contributed by atoms with E-state index in [9.17, 15) is 0 Å². The Morgan fingerprint density at radius 1 is 0.426 bits per heavy atom. The van der Waals surface area contributed by atoms with E-state index in [0.717, 1.165) is 28.5 Å². The van der Waals surface area contributed by atoms with Gasteiger partial charge in [0.2, 0.25) is 0 Å². The number of nitrogens with zero attached hydrogens (tertiary/aromatic N) is 2. The van der Waals surface area contributed by atoms with Gasteiger partial charge in [-0.1, -0.05) is 117 Å². The van der Waals surface area contributed by atoms with Crippen LogP contribution < -0.4 is 4.90 Å². The molecule has 1 aliphatic rings. The van der Waals surface area contributed by atoms with Crippen molar-refractivity contribution in [3.8, 4) is 11.1 Å². The van der Waals surface area contributed by atoms with Crippen LogP contribution in [0.1, 0.15) is 25.0 Å². The summed E-state index contributed by atoms with van der Waals surface area (Å²) in [5.74, 6) is 0. The Morgan fingerprint density at radius 2 is 0.981 bits per heavy atom. The zero-order valence-corrected chi connectivity index (χ0v) is 31.5. The maximum absolute atomic E-state index is 5.05. The first kappa shape index (κ1) is 31.5. The number of para-hydroxylation sites is 1. The van der Waals surface area contributed by atoms with Gasteiger partial charge in [-0.3, -0.25) is 4.99 Å². The molecule has 8 aromatic carbocycles. The summed E-state index contributed by atoms with van der Waals surface area (Å²) >= 11 is 3.73. The zero-order valence-electron chi connectivity index (χ0n) is 29.9.